The average molecular weight is 431 g/mol. The van der Waals surface area contributed by atoms with Crippen molar-refractivity contribution in [2.24, 2.45) is 0 Å². The van der Waals surface area contributed by atoms with Crippen molar-refractivity contribution in [3.63, 3.8) is 0 Å². The molecule has 4 aromatic rings. The minimum Gasteiger partial charge on any atom is -0.465 e. The molecule has 1 N–H and O–H groups in total. The normalized spacial score (nSPS) is 10.6. The van der Waals surface area contributed by atoms with Gasteiger partial charge < -0.3 is 14.8 Å². The van der Waals surface area contributed by atoms with E-state index in [0.717, 1.165) is 16.6 Å². The molecular weight excluding hydrogens is 414 g/mol. The van der Waals surface area contributed by atoms with Crippen LogP contribution in [-0.2, 0) is 4.74 Å². The maximum Gasteiger partial charge on any atom is 0.373 e. The minimum atomic E-state index is -0.617. The molecule has 0 saturated heterocycles. The van der Waals surface area contributed by atoms with Crippen LogP contribution in [0.15, 0.2) is 60.9 Å². The van der Waals surface area contributed by atoms with Crippen molar-refractivity contribution in [3.05, 3.63) is 82.3 Å². The van der Waals surface area contributed by atoms with Crippen LogP contribution in [0.3, 0.4) is 0 Å². The topological polar surface area (TPSA) is 129 Å². The lowest BCUT2D eigenvalue weighted by atomic mass is 10.1. The molecule has 2 aromatic carbocycles. The maximum atomic E-state index is 11.8. The first-order chi connectivity index (χ1) is 15.5. The Morgan fingerprint density at radius 3 is 2.56 bits per heavy atom. The molecule has 0 amide bonds. The molecule has 0 aliphatic carbocycles. The summed E-state index contributed by atoms with van der Waals surface area (Å²) in [7, 11) is 1.28. The molecule has 4 rings (SSSR count). The number of carbonyl (C=O) groups excluding carboxylic acids is 1. The zero-order chi connectivity index (χ0) is 22.7. The summed E-state index contributed by atoms with van der Waals surface area (Å²) in [6.07, 6.45) is 1.17. The van der Waals surface area contributed by atoms with E-state index >= 15 is 0 Å². The van der Waals surface area contributed by atoms with Gasteiger partial charge in [-0.3, -0.25) is 15.1 Å². The summed E-state index contributed by atoms with van der Waals surface area (Å²) < 4.78 is 10.3. The van der Waals surface area contributed by atoms with Gasteiger partial charge in [0.1, 0.15) is 12.1 Å². The molecule has 0 radical (unpaired) electrons. The van der Waals surface area contributed by atoms with Gasteiger partial charge in [-0.15, -0.1) is 0 Å². The maximum absolute atomic E-state index is 11.8. The SMILES string of the molecule is COC(=O)c1ccc(Oc2ncnc(Nc3cccc4nc(C)ccc34)c2[N+](=O)[O-])cc1. The molecular formula is C22H17N5O5. The number of nitrogens with zero attached hydrogens (tertiary/aromatic N) is 4. The number of hydrogen-bond acceptors (Lipinski definition) is 9. The van der Waals surface area contributed by atoms with Crippen LogP contribution in [0.25, 0.3) is 10.9 Å². The Morgan fingerprint density at radius 1 is 1.06 bits per heavy atom. The van der Waals surface area contributed by atoms with E-state index < -0.39 is 16.6 Å². The predicted molar refractivity (Wildman–Crippen MR) is 116 cm³/mol. The Kier molecular flexibility index (Phi) is 5.58. The van der Waals surface area contributed by atoms with Crippen molar-refractivity contribution in [3.8, 4) is 11.6 Å². The molecule has 0 bridgehead atoms. The van der Waals surface area contributed by atoms with Crippen LogP contribution < -0.4 is 10.1 Å². The first-order valence-corrected chi connectivity index (χ1v) is 9.45. The third-order valence-electron chi connectivity index (χ3n) is 4.59. The van der Waals surface area contributed by atoms with Crippen LogP contribution in [0.4, 0.5) is 17.2 Å². The van der Waals surface area contributed by atoms with Gasteiger partial charge >= 0.3 is 17.5 Å². The van der Waals surface area contributed by atoms with Crippen LogP contribution >= 0.6 is 0 Å². The predicted octanol–water partition coefficient (Wildman–Crippen LogP) is 4.56. The van der Waals surface area contributed by atoms with E-state index in [1.807, 2.05) is 25.1 Å². The summed E-state index contributed by atoms with van der Waals surface area (Å²) in [4.78, 5) is 35.2. The molecule has 0 unspecified atom stereocenters. The second kappa shape index (κ2) is 8.64. The van der Waals surface area contributed by atoms with Crippen molar-refractivity contribution in [1.82, 2.24) is 15.0 Å². The molecule has 2 heterocycles. The number of aryl methyl sites for hydroxylation is 1. The number of aromatic nitrogens is 3. The smallest absolute Gasteiger partial charge is 0.373 e. The molecule has 0 spiro atoms. The van der Waals surface area contributed by atoms with E-state index in [9.17, 15) is 14.9 Å². The van der Waals surface area contributed by atoms with Gasteiger partial charge in [0.15, 0.2) is 0 Å². The first kappa shape index (κ1) is 20.7. The third-order valence-corrected chi connectivity index (χ3v) is 4.59. The van der Waals surface area contributed by atoms with E-state index in [-0.39, 0.29) is 17.4 Å². The Labute approximate surface area is 182 Å². The van der Waals surface area contributed by atoms with Crippen LogP contribution in [0, 0.1) is 17.0 Å². The molecule has 160 valence electrons. The van der Waals surface area contributed by atoms with Gasteiger partial charge in [-0.25, -0.2) is 9.78 Å². The number of ether oxygens (including phenoxy) is 2. The highest BCUT2D eigenvalue weighted by molar-refractivity contribution is 5.93. The molecule has 0 saturated carbocycles. The zero-order valence-electron chi connectivity index (χ0n) is 17.1. The lowest BCUT2D eigenvalue weighted by Gasteiger charge is -2.11. The fourth-order valence-corrected chi connectivity index (χ4v) is 3.08. The second-order valence-corrected chi connectivity index (χ2v) is 6.70. The third kappa shape index (κ3) is 4.15. The highest BCUT2D eigenvalue weighted by Crippen LogP contribution is 2.36. The van der Waals surface area contributed by atoms with Gasteiger partial charge in [-0.2, -0.15) is 4.98 Å². The number of hydrogen-bond donors (Lipinski definition) is 1. The Morgan fingerprint density at radius 2 is 1.84 bits per heavy atom. The molecule has 0 aliphatic rings. The molecule has 32 heavy (non-hydrogen) atoms. The van der Waals surface area contributed by atoms with Crippen molar-refractivity contribution in [2.45, 2.75) is 6.92 Å². The minimum absolute atomic E-state index is 0.0285. The number of nitro groups is 1. The lowest BCUT2D eigenvalue weighted by molar-refractivity contribution is -0.385. The molecule has 0 fully saturated rings. The van der Waals surface area contributed by atoms with Crippen molar-refractivity contribution < 1.29 is 19.2 Å². The highest BCUT2D eigenvalue weighted by atomic mass is 16.6. The van der Waals surface area contributed by atoms with Gasteiger partial charge in [0, 0.05) is 16.8 Å². The molecule has 0 atom stereocenters. The number of benzene rings is 2. The zero-order valence-corrected chi connectivity index (χ0v) is 17.1. The quantitative estimate of drug-likeness (QED) is 0.265. The number of fused-ring (bicyclic) bond motifs is 1. The Balaban J connectivity index is 1.69. The number of nitrogens with one attached hydrogen (secondary N) is 1. The van der Waals surface area contributed by atoms with E-state index in [1.165, 1.54) is 37.7 Å². The van der Waals surface area contributed by atoms with Gasteiger partial charge in [0.2, 0.25) is 5.82 Å². The number of carbonyl (C=O) groups is 1. The second-order valence-electron chi connectivity index (χ2n) is 6.70. The number of esters is 1. The molecule has 10 nitrogen and oxygen atoms in total. The van der Waals surface area contributed by atoms with E-state index in [1.54, 1.807) is 12.1 Å². The largest absolute Gasteiger partial charge is 0.465 e. The number of anilines is 2. The van der Waals surface area contributed by atoms with E-state index in [4.69, 9.17) is 4.74 Å². The number of pyridine rings is 1. The Bertz CT molecular complexity index is 1320. The Hall–Kier alpha value is -4.60. The van der Waals surface area contributed by atoms with Crippen LogP contribution in [0.1, 0.15) is 16.1 Å². The average Bonchev–Trinajstić information content (AvgIpc) is 2.79. The summed E-state index contributed by atoms with van der Waals surface area (Å²) in [5.74, 6) is -0.516. The summed E-state index contributed by atoms with van der Waals surface area (Å²) >= 11 is 0. The summed E-state index contributed by atoms with van der Waals surface area (Å²) in [5, 5.41) is 15.6. The van der Waals surface area contributed by atoms with Gasteiger partial charge in [0.05, 0.1) is 23.1 Å². The van der Waals surface area contributed by atoms with Crippen LogP contribution in [-0.4, -0.2) is 33.0 Å². The monoisotopic (exact) mass is 431 g/mol. The summed E-state index contributed by atoms with van der Waals surface area (Å²) in [6, 6.07) is 15.1. The van der Waals surface area contributed by atoms with Gasteiger partial charge in [-0.1, -0.05) is 6.07 Å². The fourth-order valence-electron chi connectivity index (χ4n) is 3.08. The lowest BCUT2D eigenvalue weighted by Crippen LogP contribution is -2.04. The van der Waals surface area contributed by atoms with Crippen molar-refractivity contribution in [2.75, 3.05) is 12.4 Å². The van der Waals surface area contributed by atoms with Crippen LogP contribution in [0.5, 0.6) is 11.6 Å². The standard InChI is InChI=1S/C22H17N5O5/c1-13-6-11-16-17(25-13)4-3-5-18(16)26-20-19(27(29)30)21(24-12-23-20)32-15-9-7-14(8-10-15)22(28)31-2/h3-12H,1-2H3,(H,23,24,26). The van der Waals surface area contributed by atoms with E-state index in [2.05, 4.69) is 25.0 Å². The van der Waals surface area contributed by atoms with Gasteiger partial charge in [-0.05, 0) is 55.5 Å². The summed E-state index contributed by atoms with van der Waals surface area (Å²) in [5.41, 5.74) is 2.09. The van der Waals surface area contributed by atoms with E-state index in [0.29, 0.717) is 11.3 Å². The molecule has 0 aliphatic heterocycles. The highest BCUT2D eigenvalue weighted by Gasteiger charge is 2.25. The molecule has 2 aromatic heterocycles. The van der Waals surface area contributed by atoms with Gasteiger partial charge in [0.25, 0.3) is 0 Å². The number of rotatable bonds is 6. The van der Waals surface area contributed by atoms with Crippen LogP contribution in [0.2, 0.25) is 0 Å². The number of methoxy groups -OCH3 is 1. The fraction of sp³-hybridized carbons (Fsp3) is 0.0909. The summed E-state index contributed by atoms with van der Waals surface area (Å²) in [6.45, 7) is 1.89. The van der Waals surface area contributed by atoms with Crippen molar-refractivity contribution in [1.29, 1.82) is 0 Å². The van der Waals surface area contributed by atoms with Crippen molar-refractivity contribution >= 4 is 34.1 Å². The first-order valence-electron chi connectivity index (χ1n) is 9.45. The molecule has 10 heteroatoms.